The minimum absolute atomic E-state index is 0.173. The van der Waals surface area contributed by atoms with Crippen LogP contribution in [0.1, 0.15) is 43.5 Å². The molecule has 1 heterocycles. The van der Waals surface area contributed by atoms with Crippen molar-refractivity contribution in [1.29, 1.82) is 0 Å². The Kier molecular flexibility index (Phi) is 7.36. The van der Waals surface area contributed by atoms with Crippen molar-refractivity contribution in [1.82, 2.24) is 15.5 Å². The molecule has 0 fully saturated rings. The molecule has 0 spiro atoms. The van der Waals surface area contributed by atoms with E-state index in [0.717, 1.165) is 16.7 Å². The number of hydrogen-bond acceptors (Lipinski definition) is 4. The molecule has 0 bridgehead atoms. The summed E-state index contributed by atoms with van der Waals surface area (Å²) in [6.07, 6.45) is 0.680. The number of urea groups is 2. The second-order valence-electron chi connectivity index (χ2n) is 9.25. The van der Waals surface area contributed by atoms with Crippen molar-refractivity contribution in [3.05, 3.63) is 53.1 Å². The predicted molar refractivity (Wildman–Crippen MR) is 129 cm³/mol. The van der Waals surface area contributed by atoms with E-state index in [1.807, 2.05) is 64.1 Å². The molecule has 8 heteroatoms. The molecule has 33 heavy (non-hydrogen) atoms. The Morgan fingerprint density at radius 1 is 1.06 bits per heavy atom. The van der Waals surface area contributed by atoms with E-state index in [9.17, 15) is 9.59 Å². The number of amides is 4. The summed E-state index contributed by atoms with van der Waals surface area (Å²) >= 11 is 0. The van der Waals surface area contributed by atoms with E-state index in [-0.39, 0.29) is 30.2 Å². The average Bonchev–Trinajstić information content (AvgIpc) is 2.76. The van der Waals surface area contributed by atoms with Crippen LogP contribution in [0, 0.1) is 6.92 Å². The molecule has 3 rings (SSSR count). The van der Waals surface area contributed by atoms with Crippen LogP contribution in [0.15, 0.2) is 36.4 Å². The fourth-order valence-corrected chi connectivity index (χ4v) is 3.89. The van der Waals surface area contributed by atoms with Gasteiger partial charge >= 0.3 is 12.1 Å². The first-order valence-electron chi connectivity index (χ1n) is 11.1. The molecule has 2 aromatic rings. The van der Waals surface area contributed by atoms with Gasteiger partial charge in [-0.1, -0.05) is 17.7 Å². The Hall–Kier alpha value is -3.42. The largest absolute Gasteiger partial charge is 0.493 e. The Bertz CT molecular complexity index is 999. The Morgan fingerprint density at radius 2 is 1.70 bits per heavy atom. The topological polar surface area (TPSA) is 91.9 Å². The van der Waals surface area contributed by atoms with Crippen molar-refractivity contribution < 1.29 is 19.1 Å². The molecule has 0 aliphatic carbocycles. The van der Waals surface area contributed by atoms with Crippen molar-refractivity contribution in [2.45, 2.75) is 45.7 Å². The van der Waals surface area contributed by atoms with Crippen molar-refractivity contribution in [2.24, 2.45) is 0 Å². The summed E-state index contributed by atoms with van der Waals surface area (Å²) in [6.45, 7) is 8.59. The zero-order valence-electron chi connectivity index (χ0n) is 20.2. The summed E-state index contributed by atoms with van der Waals surface area (Å²) in [5.41, 5.74) is 3.44. The fraction of sp³-hybridized carbons (Fsp3) is 0.440. The molecule has 0 saturated heterocycles. The van der Waals surface area contributed by atoms with Gasteiger partial charge in [0.2, 0.25) is 0 Å². The van der Waals surface area contributed by atoms with Gasteiger partial charge in [0.25, 0.3) is 0 Å². The van der Waals surface area contributed by atoms with Crippen molar-refractivity contribution in [3.8, 4) is 11.5 Å². The van der Waals surface area contributed by atoms with E-state index in [1.165, 1.54) is 0 Å². The van der Waals surface area contributed by atoms with Crippen molar-refractivity contribution in [3.63, 3.8) is 0 Å². The maximum Gasteiger partial charge on any atom is 0.319 e. The zero-order valence-corrected chi connectivity index (χ0v) is 20.2. The fourth-order valence-electron chi connectivity index (χ4n) is 3.89. The Labute approximate surface area is 195 Å². The molecular weight excluding hydrogens is 420 g/mol. The smallest absolute Gasteiger partial charge is 0.319 e. The highest BCUT2D eigenvalue weighted by molar-refractivity contribution is 5.89. The van der Waals surface area contributed by atoms with Gasteiger partial charge in [0.1, 0.15) is 0 Å². The van der Waals surface area contributed by atoms with Crippen LogP contribution in [0.4, 0.5) is 15.3 Å². The highest BCUT2D eigenvalue weighted by Gasteiger charge is 2.33. The maximum atomic E-state index is 13.1. The molecule has 1 aliphatic heterocycles. The third-order valence-electron chi connectivity index (χ3n) is 5.51. The van der Waals surface area contributed by atoms with Gasteiger partial charge < -0.3 is 30.3 Å². The van der Waals surface area contributed by atoms with E-state index >= 15 is 0 Å². The number of anilines is 1. The summed E-state index contributed by atoms with van der Waals surface area (Å²) in [4.78, 5) is 27.5. The number of rotatable bonds is 5. The number of hydrogen-bond donors (Lipinski definition) is 3. The van der Waals surface area contributed by atoms with E-state index in [1.54, 1.807) is 19.1 Å². The number of aryl methyl sites for hydroxylation is 1. The second kappa shape index (κ2) is 10.0. The van der Waals surface area contributed by atoms with Crippen LogP contribution >= 0.6 is 0 Å². The lowest BCUT2D eigenvalue weighted by Gasteiger charge is -2.39. The molecule has 3 N–H and O–H groups in total. The standard InChI is InChI=1S/C25H34N4O4/c1-16-7-9-18(10-8-16)27-23(30)26-15-20-19-14-22(33-6)21(32-5)13-17(19)11-12-29(20)24(31)28-25(2,3)4/h7-10,13-14,20H,11-12,15H2,1-6H3,(H,28,31)(H2,26,27,30)/t20-/m0/s1. The van der Waals surface area contributed by atoms with Crippen LogP contribution in [-0.4, -0.2) is 49.8 Å². The van der Waals surface area contributed by atoms with Gasteiger partial charge in [0.15, 0.2) is 11.5 Å². The first-order valence-corrected chi connectivity index (χ1v) is 11.1. The van der Waals surface area contributed by atoms with Crippen molar-refractivity contribution >= 4 is 17.7 Å². The molecule has 8 nitrogen and oxygen atoms in total. The molecule has 1 aliphatic rings. The summed E-state index contributed by atoms with van der Waals surface area (Å²) in [5, 5.41) is 8.80. The van der Waals surface area contributed by atoms with Gasteiger partial charge in [0.05, 0.1) is 20.3 Å². The van der Waals surface area contributed by atoms with Gasteiger partial charge in [-0.2, -0.15) is 0 Å². The monoisotopic (exact) mass is 454 g/mol. The van der Waals surface area contributed by atoms with Crippen LogP contribution < -0.4 is 25.4 Å². The number of carbonyl (C=O) groups excluding carboxylic acids is 2. The first-order chi connectivity index (χ1) is 15.6. The van der Waals surface area contributed by atoms with E-state index < -0.39 is 0 Å². The normalized spacial score (nSPS) is 15.3. The van der Waals surface area contributed by atoms with Crippen LogP contribution in [0.3, 0.4) is 0 Å². The minimum Gasteiger partial charge on any atom is -0.493 e. The molecule has 0 saturated carbocycles. The summed E-state index contributed by atoms with van der Waals surface area (Å²) in [7, 11) is 3.18. The number of ether oxygens (including phenoxy) is 2. The van der Waals surface area contributed by atoms with Crippen LogP contribution in [0.2, 0.25) is 0 Å². The number of carbonyl (C=O) groups is 2. The highest BCUT2D eigenvalue weighted by Crippen LogP contribution is 2.38. The molecule has 4 amide bonds. The number of methoxy groups -OCH3 is 2. The van der Waals surface area contributed by atoms with Gasteiger partial charge in [-0.15, -0.1) is 0 Å². The summed E-state index contributed by atoms with van der Waals surface area (Å²) in [5.74, 6) is 1.23. The molecule has 0 unspecified atom stereocenters. The third kappa shape index (κ3) is 6.09. The van der Waals surface area contributed by atoms with Gasteiger partial charge in [-0.25, -0.2) is 9.59 Å². The van der Waals surface area contributed by atoms with Crippen LogP contribution in [0.25, 0.3) is 0 Å². The predicted octanol–water partition coefficient (Wildman–Crippen LogP) is 4.24. The number of nitrogens with zero attached hydrogens (tertiary/aromatic N) is 1. The first kappa shape index (κ1) is 24.2. The molecule has 178 valence electrons. The molecule has 1 atom stereocenters. The van der Waals surface area contributed by atoms with Gasteiger partial charge in [0, 0.05) is 24.3 Å². The molecular formula is C25H34N4O4. The number of benzene rings is 2. The van der Waals surface area contributed by atoms with Gasteiger partial charge in [-0.05, 0) is 69.5 Å². The van der Waals surface area contributed by atoms with Crippen LogP contribution in [0.5, 0.6) is 11.5 Å². The minimum atomic E-state index is -0.379. The van der Waals surface area contributed by atoms with Crippen molar-refractivity contribution in [2.75, 3.05) is 32.6 Å². The summed E-state index contributed by atoms with van der Waals surface area (Å²) < 4.78 is 11.0. The molecule has 0 aromatic heterocycles. The van der Waals surface area contributed by atoms with E-state index in [4.69, 9.17) is 9.47 Å². The third-order valence-corrected chi connectivity index (χ3v) is 5.51. The lowest BCUT2D eigenvalue weighted by molar-refractivity contribution is 0.159. The summed E-state index contributed by atoms with van der Waals surface area (Å²) in [6, 6.07) is 10.6. The Morgan fingerprint density at radius 3 is 2.30 bits per heavy atom. The lowest BCUT2D eigenvalue weighted by Crippen LogP contribution is -2.53. The lowest BCUT2D eigenvalue weighted by atomic mass is 9.91. The molecule has 2 aromatic carbocycles. The number of fused-ring (bicyclic) bond motifs is 1. The van der Waals surface area contributed by atoms with Crippen LogP contribution in [-0.2, 0) is 6.42 Å². The average molecular weight is 455 g/mol. The maximum absolute atomic E-state index is 13.1. The van der Waals surface area contributed by atoms with E-state index in [2.05, 4.69) is 16.0 Å². The van der Waals surface area contributed by atoms with Gasteiger partial charge in [-0.3, -0.25) is 0 Å². The highest BCUT2D eigenvalue weighted by atomic mass is 16.5. The number of nitrogens with one attached hydrogen (secondary N) is 3. The zero-order chi connectivity index (χ0) is 24.2. The SMILES string of the molecule is COc1cc2c(cc1OC)[C@H](CNC(=O)Nc1ccc(C)cc1)N(C(=O)NC(C)(C)C)CC2. The Balaban J connectivity index is 1.84. The second-order valence-corrected chi connectivity index (χ2v) is 9.25. The quantitative estimate of drug-likeness (QED) is 0.630. The molecule has 0 radical (unpaired) electrons. The van der Waals surface area contributed by atoms with E-state index in [0.29, 0.717) is 30.2 Å².